The van der Waals surface area contributed by atoms with E-state index in [0.717, 1.165) is 24.9 Å². The lowest BCUT2D eigenvalue weighted by Gasteiger charge is -2.32. The van der Waals surface area contributed by atoms with Gasteiger partial charge in [-0.3, -0.25) is 4.68 Å². The van der Waals surface area contributed by atoms with Gasteiger partial charge in [-0.05, 0) is 37.8 Å². The van der Waals surface area contributed by atoms with Crippen LogP contribution in [0.15, 0.2) is 18.5 Å². The van der Waals surface area contributed by atoms with Crippen LogP contribution in [-0.4, -0.2) is 40.2 Å². The van der Waals surface area contributed by atoms with Crippen LogP contribution in [-0.2, 0) is 6.54 Å². The topological polar surface area (TPSA) is 21.1 Å². The van der Waals surface area contributed by atoms with Crippen molar-refractivity contribution in [3.63, 3.8) is 0 Å². The Hall–Kier alpha value is -0.540. The fourth-order valence-corrected chi connectivity index (χ4v) is 2.73. The minimum atomic E-state index is 0.803. The SMILES string of the molecule is ClCCC1CCCN(CCn2cccn2)C1. The molecule has 0 amide bonds. The van der Waals surface area contributed by atoms with E-state index in [4.69, 9.17) is 11.6 Å². The summed E-state index contributed by atoms with van der Waals surface area (Å²) in [6, 6.07) is 1.98. The van der Waals surface area contributed by atoms with Crippen molar-refractivity contribution in [2.75, 3.05) is 25.5 Å². The Kier molecular flexibility index (Phi) is 4.67. The molecule has 4 heteroatoms. The Balaban J connectivity index is 1.72. The molecule has 1 saturated heterocycles. The molecule has 0 aromatic carbocycles. The molecule has 0 bridgehead atoms. The van der Waals surface area contributed by atoms with Crippen molar-refractivity contribution >= 4 is 11.6 Å². The highest BCUT2D eigenvalue weighted by Crippen LogP contribution is 2.19. The van der Waals surface area contributed by atoms with Gasteiger partial charge in [0.2, 0.25) is 0 Å². The van der Waals surface area contributed by atoms with Crippen LogP contribution in [0.2, 0.25) is 0 Å². The summed E-state index contributed by atoms with van der Waals surface area (Å²) >= 11 is 5.81. The normalized spacial score (nSPS) is 22.4. The van der Waals surface area contributed by atoms with Crippen molar-refractivity contribution in [2.45, 2.75) is 25.8 Å². The Morgan fingerprint density at radius 1 is 1.38 bits per heavy atom. The molecule has 1 atom stereocenters. The lowest BCUT2D eigenvalue weighted by atomic mass is 9.96. The number of rotatable bonds is 5. The van der Waals surface area contributed by atoms with Crippen molar-refractivity contribution in [3.8, 4) is 0 Å². The number of likely N-dealkylation sites (tertiary alicyclic amines) is 1. The van der Waals surface area contributed by atoms with Crippen molar-refractivity contribution in [3.05, 3.63) is 18.5 Å². The first-order chi connectivity index (χ1) is 7.88. The van der Waals surface area contributed by atoms with Crippen LogP contribution in [0.25, 0.3) is 0 Å². The summed E-state index contributed by atoms with van der Waals surface area (Å²) in [6.45, 7) is 4.56. The van der Waals surface area contributed by atoms with Gasteiger partial charge in [0.1, 0.15) is 0 Å². The van der Waals surface area contributed by atoms with Gasteiger partial charge in [0, 0.05) is 31.4 Å². The summed E-state index contributed by atoms with van der Waals surface area (Å²) in [4.78, 5) is 2.54. The maximum Gasteiger partial charge on any atom is 0.0536 e. The van der Waals surface area contributed by atoms with E-state index in [1.807, 2.05) is 23.1 Å². The van der Waals surface area contributed by atoms with E-state index < -0.39 is 0 Å². The molecule has 1 aromatic rings. The van der Waals surface area contributed by atoms with Crippen LogP contribution in [0.4, 0.5) is 0 Å². The van der Waals surface area contributed by atoms with Gasteiger partial charge >= 0.3 is 0 Å². The second kappa shape index (κ2) is 6.26. The lowest BCUT2D eigenvalue weighted by Crippen LogP contribution is -2.37. The minimum absolute atomic E-state index is 0.803. The van der Waals surface area contributed by atoms with Gasteiger partial charge in [-0.1, -0.05) is 0 Å². The second-order valence-electron chi connectivity index (χ2n) is 4.56. The van der Waals surface area contributed by atoms with Crippen molar-refractivity contribution in [2.24, 2.45) is 5.92 Å². The van der Waals surface area contributed by atoms with Gasteiger partial charge in [-0.15, -0.1) is 11.6 Å². The standard InChI is InChI=1S/C12H20ClN3/c13-5-4-12-3-1-7-15(11-12)9-10-16-8-2-6-14-16/h2,6,8,12H,1,3-5,7,9-11H2. The highest BCUT2D eigenvalue weighted by atomic mass is 35.5. The Morgan fingerprint density at radius 3 is 3.06 bits per heavy atom. The minimum Gasteiger partial charge on any atom is -0.301 e. The van der Waals surface area contributed by atoms with Gasteiger partial charge in [0.05, 0.1) is 6.54 Å². The summed E-state index contributed by atoms with van der Waals surface area (Å²) in [5.41, 5.74) is 0. The summed E-state index contributed by atoms with van der Waals surface area (Å²) in [6.07, 6.45) is 7.71. The van der Waals surface area contributed by atoms with Crippen LogP contribution in [0.3, 0.4) is 0 Å². The number of alkyl halides is 1. The molecule has 1 aliphatic heterocycles. The van der Waals surface area contributed by atoms with Crippen LogP contribution in [0.5, 0.6) is 0 Å². The van der Waals surface area contributed by atoms with Crippen LogP contribution >= 0.6 is 11.6 Å². The predicted octanol–water partition coefficient (Wildman–Crippen LogP) is 2.22. The van der Waals surface area contributed by atoms with Crippen LogP contribution < -0.4 is 0 Å². The predicted molar refractivity (Wildman–Crippen MR) is 66.7 cm³/mol. The van der Waals surface area contributed by atoms with E-state index in [0.29, 0.717) is 0 Å². The summed E-state index contributed by atoms with van der Waals surface area (Å²) < 4.78 is 2.01. The Bertz CT molecular complexity index is 284. The van der Waals surface area contributed by atoms with Gasteiger partial charge in [0.15, 0.2) is 0 Å². The van der Waals surface area contributed by atoms with Gasteiger partial charge < -0.3 is 4.90 Å². The molecule has 1 unspecified atom stereocenters. The van der Waals surface area contributed by atoms with Crippen molar-refractivity contribution < 1.29 is 0 Å². The fraction of sp³-hybridized carbons (Fsp3) is 0.750. The Labute approximate surface area is 102 Å². The zero-order valence-corrected chi connectivity index (χ0v) is 10.4. The van der Waals surface area contributed by atoms with E-state index in [9.17, 15) is 0 Å². The van der Waals surface area contributed by atoms with E-state index in [-0.39, 0.29) is 0 Å². The zero-order chi connectivity index (χ0) is 11.2. The summed E-state index contributed by atoms with van der Waals surface area (Å²) in [7, 11) is 0. The Morgan fingerprint density at radius 2 is 2.31 bits per heavy atom. The molecule has 1 aromatic heterocycles. The van der Waals surface area contributed by atoms with Gasteiger partial charge in [-0.2, -0.15) is 5.10 Å². The average molecular weight is 242 g/mol. The van der Waals surface area contributed by atoms with Gasteiger partial charge in [0.25, 0.3) is 0 Å². The maximum absolute atomic E-state index is 5.81. The molecular weight excluding hydrogens is 222 g/mol. The van der Waals surface area contributed by atoms with E-state index in [1.165, 1.54) is 32.4 Å². The zero-order valence-electron chi connectivity index (χ0n) is 9.69. The molecule has 0 aliphatic carbocycles. The second-order valence-corrected chi connectivity index (χ2v) is 4.93. The third-order valence-electron chi connectivity index (χ3n) is 3.32. The molecular formula is C12H20ClN3. The van der Waals surface area contributed by atoms with Gasteiger partial charge in [-0.25, -0.2) is 0 Å². The highest BCUT2D eigenvalue weighted by Gasteiger charge is 2.18. The van der Waals surface area contributed by atoms with Crippen molar-refractivity contribution in [1.82, 2.24) is 14.7 Å². The molecule has 90 valence electrons. The summed E-state index contributed by atoms with van der Waals surface area (Å²) in [5.74, 6) is 1.61. The number of hydrogen-bond acceptors (Lipinski definition) is 2. The number of aromatic nitrogens is 2. The maximum atomic E-state index is 5.81. The monoisotopic (exact) mass is 241 g/mol. The molecule has 0 N–H and O–H groups in total. The fourth-order valence-electron chi connectivity index (χ4n) is 2.42. The lowest BCUT2D eigenvalue weighted by molar-refractivity contribution is 0.165. The molecule has 1 aliphatic rings. The smallest absolute Gasteiger partial charge is 0.0536 e. The van der Waals surface area contributed by atoms with E-state index in [2.05, 4.69) is 10.00 Å². The number of nitrogens with zero attached hydrogens (tertiary/aromatic N) is 3. The molecule has 2 heterocycles. The largest absolute Gasteiger partial charge is 0.301 e. The molecule has 0 radical (unpaired) electrons. The molecule has 16 heavy (non-hydrogen) atoms. The van der Waals surface area contributed by atoms with Crippen molar-refractivity contribution in [1.29, 1.82) is 0 Å². The van der Waals surface area contributed by atoms with Crippen LogP contribution in [0.1, 0.15) is 19.3 Å². The first kappa shape index (κ1) is 11.9. The first-order valence-electron chi connectivity index (χ1n) is 6.14. The van der Waals surface area contributed by atoms with E-state index >= 15 is 0 Å². The molecule has 2 rings (SSSR count). The highest BCUT2D eigenvalue weighted by molar-refractivity contribution is 6.17. The van der Waals surface area contributed by atoms with Crippen LogP contribution in [0, 0.1) is 5.92 Å². The first-order valence-corrected chi connectivity index (χ1v) is 6.67. The van der Waals surface area contributed by atoms with E-state index in [1.54, 1.807) is 0 Å². The molecule has 3 nitrogen and oxygen atoms in total. The third-order valence-corrected chi connectivity index (χ3v) is 3.54. The average Bonchev–Trinajstić information content (AvgIpc) is 2.80. The number of piperidine rings is 1. The molecule has 0 saturated carbocycles. The number of hydrogen-bond donors (Lipinski definition) is 0. The summed E-state index contributed by atoms with van der Waals surface area (Å²) in [5, 5.41) is 4.22. The number of halogens is 1. The molecule has 1 fully saturated rings. The third kappa shape index (κ3) is 3.49. The molecule has 0 spiro atoms. The quantitative estimate of drug-likeness (QED) is 0.738.